The first-order chi connectivity index (χ1) is 20.0. The van der Waals surface area contributed by atoms with Crippen molar-refractivity contribution < 1.29 is 21.5 Å². The Morgan fingerprint density at radius 2 is 0.682 bits per heavy atom. The number of rotatable bonds is 31. The quantitative estimate of drug-likeness (QED) is 0.0553. The van der Waals surface area contributed by atoms with Crippen molar-refractivity contribution in [3.05, 3.63) is 0 Å². The minimum absolute atomic E-state index is 0. The fourth-order valence-electron chi connectivity index (χ4n) is 5.80. The van der Waals surface area contributed by atoms with Crippen LogP contribution in [0.5, 0.6) is 0 Å². The summed E-state index contributed by atoms with van der Waals surface area (Å²) in [6, 6.07) is 0. The summed E-state index contributed by atoms with van der Waals surface area (Å²) in [6.45, 7) is 12.5. The Bertz CT molecular complexity index is 499. The molecule has 2 nitrogen and oxygen atoms in total. The average Bonchev–Trinajstić information content (AvgIpc) is 2.92. The van der Waals surface area contributed by atoms with Crippen molar-refractivity contribution in [3.8, 4) is 0 Å². The van der Waals surface area contributed by atoms with Crippen LogP contribution in [0.4, 0.5) is 0 Å². The highest BCUT2D eigenvalue weighted by molar-refractivity contribution is 8.93. The van der Waals surface area contributed by atoms with Crippen molar-refractivity contribution in [2.75, 3.05) is 27.7 Å². The molecular formula is C40H88Br2N2. The number of nitrogens with two attached hydrogens (primary N) is 1. The van der Waals surface area contributed by atoms with Gasteiger partial charge in [0.15, 0.2) is 0 Å². The van der Waals surface area contributed by atoms with Gasteiger partial charge in [-0.15, -0.1) is 17.0 Å². The van der Waals surface area contributed by atoms with Crippen LogP contribution in [-0.2, 0) is 0 Å². The van der Waals surface area contributed by atoms with Gasteiger partial charge in [-0.25, -0.2) is 0 Å². The van der Waals surface area contributed by atoms with Gasteiger partial charge < -0.3 is 27.2 Å². The van der Waals surface area contributed by atoms with Gasteiger partial charge in [0.25, 0.3) is 0 Å². The lowest BCUT2D eigenvalue weighted by atomic mass is 9.86. The van der Waals surface area contributed by atoms with Crippen LogP contribution in [0, 0.1) is 5.92 Å². The van der Waals surface area contributed by atoms with Crippen LogP contribution in [0.3, 0.4) is 0 Å². The molecule has 0 spiro atoms. The number of nitrogens with zero attached hydrogens (tertiary/aromatic N) is 1. The molecule has 0 saturated heterocycles. The molecule has 44 heavy (non-hydrogen) atoms. The van der Waals surface area contributed by atoms with Crippen molar-refractivity contribution >= 4 is 17.0 Å². The summed E-state index contributed by atoms with van der Waals surface area (Å²) in [5.74, 6) is 0.643. The van der Waals surface area contributed by atoms with Gasteiger partial charge in [0.2, 0.25) is 0 Å². The van der Waals surface area contributed by atoms with Gasteiger partial charge in [0, 0.05) is 5.54 Å². The summed E-state index contributed by atoms with van der Waals surface area (Å²) < 4.78 is 1.12. The number of quaternary nitrogens is 1. The van der Waals surface area contributed by atoms with Crippen LogP contribution >= 0.6 is 17.0 Å². The van der Waals surface area contributed by atoms with Crippen molar-refractivity contribution in [2.24, 2.45) is 11.7 Å². The highest BCUT2D eigenvalue weighted by atomic mass is 79.9. The molecule has 4 heteroatoms. The van der Waals surface area contributed by atoms with E-state index >= 15 is 0 Å². The summed E-state index contributed by atoms with van der Waals surface area (Å²) in [5, 5.41) is 0. The van der Waals surface area contributed by atoms with E-state index in [0.29, 0.717) is 5.92 Å². The van der Waals surface area contributed by atoms with E-state index in [0.717, 1.165) is 4.48 Å². The predicted molar refractivity (Wildman–Crippen MR) is 206 cm³/mol. The van der Waals surface area contributed by atoms with Gasteiger partial charge in [-0.1, -0.05) is 188 Å². The molecule has 0 aliphatic heterocycles. The van der Waals surface area contributed by atoms with Crippen molar-refractivity contribution in [1.82, 2.24) is 0 Å². The van der Waals surface area contributed by atoms with Crippen molar-refractivity contribution in [3.63, 3.8) is 0 Å². The molecule has 0 aromatic carbocycles. The van der Waals surface area contributed by atoms with Crippen LogP contribution < -0.4 is 22.7 Å². The molecule has 272 valence electrons. The molecule has 1 atom stereocenters. The molecule has 0 aliphatic rings. The van der Waals surface area contributed by atoms with Gasteiger partial charge in [-0.3, -0.25) is 0 Å². The summed E-state index contributed by atoms with van der Waals surface area (Å²) >= 11 is 0. The molecule has 2 N–H and O–H groups in total. The van der Waals surface area contributed by atoms with Crippen molar-refractivity contribution in [2.45, 2.75) is 226 Å². The first-order valence-corrected chi connectivity index (χ1v) is 19.6. The van der Waals surface area contributed by atoms with E-state index in [4.69, 9.17) is 5.73 Å². The molecular weight excluding hydrogens is 668 g/mol. The largest absolute Gasteiger partial charge is 1.00 e. The maximum Gasteiger partial charge on any atom is 0.0780 e. The monoisotopic (exact) mass is 755 g/mol. The van der Waals surface area contributed by atoms with E-state index in [-0.39, 0.29) is 39.5 Å². The fraction of sp³-hybridized carbons (Fsp3) is 1.00. The first-order valence-electron chi connectivity index (χ1n) is 19.6. The summed E-state index contributed by atoms with van der Waals surface area (Å²) in [4.78, 5) is 0. The zero-order chi connectivity index (χ0) is 31.8. The fourth-order valence-corrected chi connectivity index (χ4v) is 5.80. The molecule has 0 saturated carbocycles. The van der Waals surface area contributed by atoms with Crippen LogP contribution in [0.2, 0.25) is 0 Å². The lowest BCUT2D eigenvalue weighted by molar-refractivity contribution is -0.870. The van der Waals surface area contributed by atoms with Crippen LogP contribution in [0.15, 0.2) is 0 Å². The normalized spacial score (nSPS) is 12.2. The molecule has 0 aliphatic carbocycles. The second-order valence-corrected chi connectivity index (χ2v) is 15.7. The second kappa shape index (κ2) is 38.3. The summed E-state index contributed by atoms with van der Waals surface area (Å²) in [5.41, 5.74) is 6.13. The maximum absolute atomic E-state index is 6.13. The van der Waals surface area contributed by atoms with E-state index in [1.165, 1.54) is 193 Å². The Morgan fingerprint density at radius 1 is 0.455 bits per heavy atom. The maximum atomic E-state index is 6.13. The van der Waals surface area contributed by atoms with E-state index in [1.54, 1.807) is 0 Å². The first kappa shape index (κ1) is 51.7. The van der Waals surface area contributed by atoms with Gasteiger partial charge >= 0.3 is 0 Å². The number of unbranched alkanes of at least 4 members (excludes halogenated alkanes) is 26. The highest BCUT2D eigenvalue weighted by Crippen LogP contribution is 2.21. The standard InChI is InChI=1S/C21H45N.C19H42N.2BrH/c1-5-6-7-8-9-10-11-12-13-14-15-16-17-18-19-20(2)21(3,4)22;1-5-6-7-8-9-10-11-12-13-14-15-16-17-18-19-20(2,3)4;;/h20H,5-19,22H2,1-4H3;5-19H2,1-4H3;2*1H/q;+1;;/p-1. The molecule has 0 radical (unpaired) electrons. The van der Waals surface area contributed by atoms with Gasteiger partial charge in [0.1, 0.15) is 0 Å². The molecule has 0 aromatic heterocycles. The lowest BCUT2D eigenvalue weighted by Gasteiger charge is -2.27. The van der Waals surface area contributed by atoms with E-state index in [9.17, 15) is 0 Å². The molecule has 0 amide bonds. The smallest absolute Gasteiger partial charge is 0.0780 e. The SMILES string of the molecule is Br.CCCCCCCCCCCCCCCCC(C)C(C)(C)N.CCCCCCCCCCCCCCCC[N+](C)(C)C.[Br-]. The van der Waals surface area contributed by atoms with Gasteiger partial charge in [-0.05, 0) is 39.0 Å². The number of hydrogen-bond acceptors (Lipinski definition) is 1. The van der Waals surface area contributed by atoms with Gasteiger partial charge in [-0.2, -0.15) is 0 Å². The Labute approximate surface area is 302 Å². The minimum atomic E-state index is -0.00343. The van der Waals surface area contributed by atoms with Crippen molar-refractivity contribution in [1.29, 1.82) is 0 Å². The Morgan fingerprint density at radius 3 is 0.909 bits per heavy atom. The Kier molecular flexibility index (Phi) is 45.0. The molecule has 1 unspecified atom stereocenters. The molecule has 0 heterocycles. The third kappa shape index (κ3) is 47.3. The zero-order valence-electron chi connectivity index (χ0n) is 32.1. The number of hydrogen-bond donors (Lipinski definition) is 1. The molecule has 0 rings (SSSR count). The van der Waals surface area contributed by atoms with E-state index in [1.807, 2.05) is 0 Å². The van der Waals surface area contributed by atoms with E-state index < -0.39 is 0 Å². The second-order valence-electron chi connectivity index (χ2n) is 15.7. The van der Waals surface area contributed by atoms with Crippen LogP contribution in [0.25, 0.3) is 0 Å². The Balaban J connectivity index is -0.000000349. The topological polar surface area (TPSA) is 26.0 Å². The lowest BCUT2D eigenvalue weighted by Crippen LogP contribution is -3.00. The molecule has 0 bridgehead atoms. The summed E-state index contributed by atoms with van der Waals surface area (Å²) in [6.07, 6.45) is 41.8. The minimum Gasteiger partial charge on any atom is -1.00 e. The van der Waals surface area contributed by atoms with Gasteiger partial charge in [0.05, 0.1) is 27.7 Å². The summed E-state index contributed by atoms with van der Waals surface area (Å²) in [7, 11) is 6.88. The third-order valence-corrected chi connectivity index (χ3v) is 9.44. The zero-order valence-corrected chi connectivity index (χ0v) is 35.4. The number of halogens is 2. The highest BCUT2D eigenvalue weighted by Gasteiger charge is 2.19. The van der Waals surface area contributed by atoms with E-state index in [2.05, 4.69) is 55.8 Å². The third-order valence-electron chi connectivity index (χ3n) is 9.44. The predicted octanol–water partition coefficient (Wildman–Crippen LogP) is 11.0. The molecule has 0 fully saturated rings. The molecule has 0 aromatic rings. The van der Waals surface area contributed by atoms with Crippen LogP contribution in [0.1, 0.15) is 221 Å². The van der Waals surface area contributed by atoms with Crippen LogP contribution in [-0.4, -0.2) is 37.7 Å². The average molecular weight is 757 g/mol. The Hall–Kier alpha value is 0.880.